The number of nitrogens with one attached hydrogen (secondary N) is 1. The van der Waals surface area contributed by atoms with E-state index in [1.165, 1.54) is 11.8 Å². The Morgan fingerprint density at radius 1 is 0.750 bits per heavy atom. The van der Waals surface area contributed by atoms with Gasteiger partial charge in [-0.3, -0.25) is 33.8 Å². The first-order valence-corrected chi connectivity index (χ1v) is 6.96. The third-order valence-electron chi connectivity index (χ3n) is 2.71. The lowest BCUT2D eigenvalue weighted by atomic mass is 10.3. The van der Waals surface area contributed by atoms with Crippen LogP contribution in [0.25, 0.3) is 0 Å². The molecule has 4 N–H and O–H groups in total. The van der Waals surface area contributed by atoms with Crippen molar-refractivity contribution in [1.82, 2.24) is 15.1 Å². The number of carboxylic acid groups (broad SMARTS) is 3. The standard InChI is InChI=1S/C13H21N3O8/c1-9(17)4-14-10(18)5-15(6-11(19)20)2-3-16(7-12(21)22)8-13(23)24/h2-8H2,1H3,(H,14,18)(H,19,20)(H,21,22)(H,23,24). The summed E-state index contributed by atoms with van der Waals surface area (Å²) in [5.41, 5.74) is 0. The highest BCUT2D eigenvalue weighted by Crippen LogP contribution is 1.94. The van der Waals surface area contributed by atoms with E-state index in [2.05, 4.69) is 5.32 Å². The fourth-order valence-electron chi connectivity index (χ4n) is 1.77. The van der Waals surface area contributed by atoms with Gasteiger partial charge in [0.2, 0.25) is 5.91 Å². The Hall–Kier alpha value is -2.53. The smallest absolute Gasteiger partial charge is 0.317 e. The molecular formula is C13H21N3O8. The zero-order valence-corrected chi connectivity index (χ0v) is 13.2. The van der Waals surface area contributed by atoms with Crippen LogP contribution in [0.15, 0.2) is 0 Å². The van der Waals surface area contributed by atoms with Gasteiger partial charge in [-0.05, 0) is 6.92 Å². The summed E-state index contributed by atoms with van der Waals surface area (Å²) < 4.78 is 0. The lowest BCUT2D eigenvalue weighted by Crippen LogP contribution is -2.45. The Morgan fingerprint density at radius 2 is 1.12 bits per heavy atom. The molecule has 0 radical (unpaired) electrons. The molecule has 0 aromatic carbocycles. The minimum atomic E-state index is -1.22. The number of hydrogen-bond donors (Lipinski definition) is 4. The molecule has 0 heterocycles. The second-order valence-electron chi connectivity index (χ2n) is 5.08. The van der Waals surface area contributed by atoms with Crippen LogP contribution >= 0.6 is 0 Å². The van der Waals surface area contributed by atoms with Crippen LogP contribution in [0.1, 0.15) is 6.92 Å². The molecule has 0 aliphatic carbocycles. The number of amides is 1. The molecule has 136 valence electrons. The van der Waals surface area contributed by atoms with Gasteiger partial charge < -0.3 is 20.6 Å². The number of hydrogen-bond acceptors (Lipinski definition) is 7. The number of carbonyl (C=O) groups is 5. The maximum absolute atomic E-state index is 11.6. The van der Waals surface area contributed by atoms with Crippen molar-refractivity contribution in [1.29, 1.82) is 0 Å². The molecule has 1 amide bonds. The molecule has 0 bridgehead atoms. The predicted molar refractivity (Wildman–Crippen MR) is 79.5 cm³/mol. The van der Waals surface area contributed by atoms with Gasteiger partial charge in [0.05, 0.1) is 32.7 Å². The van der Waals surface area contributed by atoms with Gasteiger partial charge in [-0.1, -0.05) is 0 Å². The minimum absolute atomic E-state index is 0.0274. The van der Waals surface area contributed by atoms with E-state index < -0.39 is 43.4 Å². The van der Waals surface area contributed by atoms with E-state index in [4.69, 9.17) is 15.3 Å². The molecular weight excluding hydrogens is 326 g/mol. The molecule has 0 saturated carbocycles. The van der Waals surface area contributed by atoms with E-state index in [0.717, 1.165) is 4.90 Å². The van der Waals surface area contributed by atoms with Gasteiger partial charge in [0.25, 0.3) is 0 Å². The van der Waals surface area contributed by atoms with Crippen molar-refractivity contribution < 1.29 is 39.3 Å². The van der Waals surface area contributed by atoms with Gasteiger partial charge in [0.1, 0.15) is 5.78 Å². The number of Topliss-reactive ketones (excluding diaryl/α,β-unsaturated/α-hetero) is 1. The highest BCUT2D eigenvalue weighted by Gasteiger charge is 2.18. The van der Waals surface area contributed by atoms with E-state index in [0.29, 0.717) is 0 Å². The number of carbonyl (C=O) groups excluding carboxylic acids is 2. The van der Waals surface area contributed by atoms with Crippen LogP contribution in [-0.4, -0.2) is 101 Å². The van der Waals surface area contributed by atoms with Gasteiger partial charge in [0, 0.05) is 13.1 Å². The van der Waals surface area contributed by atoms with Crippen molar-refractivity contribution in [3.05, 3.63) is 0 Å². The van der Waals surface area contributed by atoms with E-state index in [1.54, 1.807) is 0 Å². The van der Waals surface area contributed by atoms with Crippen LogP contribution in [0.3, 0.4) is 0 Å². The lowest BCUT2D eigenvalue weighted by molar-refractivity contribution is -0.143. The van der Waals surface area contributed by atoms with Crippen molar-refractivity contribution >= 4 is 29.6 Å². The monoisotopic (exact) mass is 347 g/mol. The van der Waals surface area contributed by atoms with Gasteiger partial charge in [-0.25, -0.2) is 0 Å². The molecule has 11 nitrogen and oxygen atoms in total. The van der Waals surface area contributed by atoms with Crippen LogP contribution in [0.4, 0.5) is 0 Å². The van der Waals surface area contributed by atoms with E-state index in [-0.39, 0.29) is 32.0 Å². The Bertz CT molecular complexity index is 478. The van der Waals surface area contributed by atoms with E-state index in [1.807, 2.05) is 0 Å². The van der Waals surface area contributed by atoms with Gasteiger partial charge in [0.15, 0.2) is 0 Å². The van der Waals surface area contributed by atoms with Crippen molar-refractivity contribution in [3.63, 3.8) is 0 Å². The first-order chi connectivity index (χ1) is 11.1. The van der Waals surface area contributed by atoms with Crippen LogP contribution in [0.5, 0.6) is 0 Å². The average molecular weight is 347 g/mol. The average Bonchev–Trinajstić information content (AvgIpc) is 2.40. The predicted octanol–water partition coefficient (Wildman–Crippen LogP) is -2.45. The van der Waals surface area contributed by atoms with Crippen molar-refractivity contribution in [3.8, 4) is 0 Å². The van der Waals surface area contributed by atoms with E-state index in [9.17, 15) is 24.0 Å². The van der Waals surface area contributed by atoms with Crippen LogP contribution in [0, 0.1) is 0 Å². The second-order valence-corrected chi connectivity index (χ2v) is 5.08. The van der Waals surface area contributed by atoms with Gasteiger partial charge in [-0.2, -0.15) is 0 Å². The molecule has 0 aromatic heterocycles. The summed E-state index contributed by atoms with van der Waals surface area (Å²) in [4.78, 5) is 57.0. The molecule has 11 heteroatoms. The third-order valence-corrected chi connectivity index (χ3v) is 2.71. The van der Waals surface area contributed by atoms with Gasteiger partial charge >= 0.3 is 17.9 Å². The zero-order chi connectivity index (χ0) is 18.7. The molecule has 0 rings (SSSR count). The lowest BCUT2D eigenvalue weighted by Gasteiger charge is -2.24. The molecule has 0 spiro atoms. The van der Waals surface area contributed by atoms with Crippen LogP contribution < -0.4 is 5.32 Å². The Morgan fingerprint density at radius 3 is 1.46 bits per heavy atom. The van der Waals surface area contributed by atoms with E-state index >= 15 is 0 Å². The fourth-order valence-corrected chi connectivity index (χ4v) is 1.77. The number of ketones is 1. The molecule has 0 unspecified atom stereocenters. The summed E-state index contributed by atoms with van der Waals surface area (Å²) >= 11 is 0. The molecule has 0 aliphatic rings. The quantitative estimate of drug-likeness (QED) is 0.281. The number of aliphatic carboxylic acids is 3. The SMILES string of the molecule is CC(=O)CNC(=O)CN(CCN(CC(=O)O)CC(=O)O)CC(=O)O. The number of rotatable bonds is 13. The first kappa shape index (κ1) is 21.5. The zero-order valence-electron chi connectivity index (χ0n) is 13.2. The molecule has 0 atom stereocenters. The largest absolute Gasteiger partial charge is 0.480 e. The third kappa shape index (κ3) is 12.1. The van der Waals surface area contributed by atoms with Crippen molar-refractivity contribution in [2.45, 2.75) is 6.92 Å². The first-order valence-electron chi connectivity index (χ1n) is 6.96. The summed E-state index contributed by atoms with van der Waals surface area (Å²) in [5.74, 6) is -4.46. The number of nitrogens with zero attached hydrogens (tertiary/aromatic N) is 2. The van der Waals surface area contributed by atoms with Crippen LogP contribution in [0.2, 0.25) is 0 Å². The highest BCUT2D eigenvalue weighted by molar-refractivity contribution is 5.85. The maximum Gasteiger partial charge on any atom is 0.317 e. The summed E-state index contributed by atoms with van der Waals surface area (Å²) in [5, 5.41) is 28.6. The normalized spacial score (nSPS) is 10.6. The fraction of sp³-hybridized carbons (Fsp3) is 0.615. The summed E-state index contributed by atoms with van der Waals surface area (Å²) in [6, 6.07) is 0. The highest BCUT2D eigenvalue weighted by atomic mass is 16.4. The van der Waals surface area contributed by atoms with Gasteiger partial charge in [-0.15, -0.1) is 0 Å². The van der Waals surface area contributed by atoms with Crippen molar-refractivity contribution in [2.24, 2.45) is 0 Å². The summed E-state index contributed by atoms with van der Waals surface area (Å²) in [6.45, 7) is -0.816. The Labute approximate surface area is 137 Å². The minimum Gasteiger partial charge on any atom is -0.480 e. The Balaban J connectivity index is 4.64. The molecule has 0 aliphatic heterocycles. The topological polar surface area (TPSA) is 165 Å². The summed E-state index contributed by atoms with van der Waals surface area (Å²) in [7, 11) is 0. The second kappa shape index (κ2) is 11.1. The summed E-state index contributed by atoms with van der Waals surface area (Å²) in [6.07, 6.45) is 0. The van der Waals surface area contributed by atoms with Crippen LogP contribution in [-0.2, 0) is 24.0 Å². The molecule has 24 heavy (non-hydrogen) atoms. The number of carboxylic acids is 3. The Kier molecular flexibility index (Phi) is 9.91. The van der Waals surface area contributed by atoms with Crippen molar-refractivity contribution in [2.75, 3.05) is 45.8 Å². The maximum atomic E-state index is 11.6. The molecule has 0 aromatic rings. The molecule has 0 fully saturated rings. The molecule has 0 saturated heterocycles.